The summed E-state index contributed by atoms with van der Waals surface area (Å²) in [6.45, 7) is 1.98. The topological polar surface area (TPSA) is 86.7 Å². The first-order chi connectivity index (χ1) is 15.4. The van der Waals surface area contributed by atoms with E-state index in [4.69, 9.17) is 0 Å². The number of anilines is 1. The maximum absolute atomic E-state index is 13.7. The van der Waals surface area contributed by atoms with E-state index in [-0.39, 0.29) is 23.5 Å². The zero-order valence-electron chi connectivity index (χ0n) is 18.0. The molecule has 1 amide bonds. The number of amides is 1. The fourth-order valence-electron chi connectivity index (χ4n) is 4.70. The predicted octanol–water partition coefficient (Wildman–Crippen LogP) is 2.54. The highest BCUT2D eigenvalue weighted by Gasteiger charge is 2.42. The molecule has 4 heterocycles. The fraction of sp³-hybridized carbons (Fsp3) is 0.409. The molecule has 5 rings (SSSR count). The van der Waals surface area contributed by atoms with E-state index in [2.05, 4.69) is 21.3 Å². The number of hydrogen-bond acceptors (Lipinski definition) is 7. The lowest BCUT2D eigenvalue weighted by molar-refractivity contribution is -0.134. The number of nitrogens with zero attached hydrogens (tertiary/aromatic N) is 5. The van der Waals surface area contributed by atoms with Crippen LogP contribution in [0.2, 0.25) is 0 Å². The molecule has 8 nitrogen and oxygen atoms in total. The number of likely N-dealkylation sites (tertiary alicyclic amines) is 1. The Bertz CT molecular complexity index is 1270. The van der Waals surface area contributed by atoms with Gasteiger partial charge in [0, 0.05) is 19.3 Å². The standard InChI is InChI=1S/C22H25N5O3S2/c1-25-11-8-15(9-12-25)26(2)22(28)18-14-27(19-6-4-3-5-16(18)19)32(29,30)21-17-13-24-31-20(17)7-10-23-21/h3-7,10,13,15,18H,8-9,11-12,14H2,1-2H3. The van der Waals surface area contributed by atoms with Crippen molar-refractivity contribution in [2.75, 3.05) is 38.0 Å². The highest BCUT2D eigenvalue weighted by atomic mass is 32.2. The van der Waals surface area contributed by atoms with E-state index < -0.39 is 15.9 Å². The van der Waals surface area contributed by atoms with Gasteiger partial charge in [-0.15, -0.1) is 0 Å². The first-order valence-electron chi connectivity index (χ1n) is 10.6. The van der Waals surface area contributed by atoms with Crippen LogP contribution in [0.5, 0.6) is 0 Å². The molecule has 32 heavy (non-hydrogen) atoms. The summed E-state index contributed by atoms with van der Waals surface area (Å²) in [6.07, 6.45) is 4.88. The van der Waals surface area contributed by atoms with Crippen LogP contribution >= 0.6 is 11.5 Å². The van der Waals surface area contributed by atoms with Crippen molar-refractivity contribution < 1.29 is 13.2 Å². The molecular weight excluding hydrogens is 446 g/mol. The Balaban J connectivity index is 1.49. The Morgan fingerprint density at radius 2 is 1.94 bits per heavy atom. The number of benzene rings is 1. The number of carbonyl (C=O) groups excluding carboxylic acids is 1. The van der Waals surface area contributed by atoms with E-state index in [1.54, 1.807) is 24.4 Å². The van der Waals surface area contributed by atoms with E-state index in [9.17, 15) is 13.2 Å². The Hall–Kier alpha value is -2.56. The second-order valence-electron chi connectivity index (χ2n) is 8.48. The number of pyridine rings is 1. The molecule has 0 radical (unpaired) electrons. The van der Waals surface area contributed by atoms with E-state index in [0.717, 1.165) is 36.2 Å². The van der Waals surface area contributed by atoms with Crippen molar-refractivity contribution >= 4 is 43.2 Å². The van der Waals surface area contributed by atoms with Crippen molar-refractivity contribution in [3.63, 3.8) is 0 Å². The number of carbonyl (C=O) groups is 1. The zero-order chi connectivity index (χ0) is 22.5. The molecule has 2 aliphatic rings. The maximum atomic E-state index is 13.7. The molecule has 0 spiro atoms. The minimum atomic E-state index is -3.96. The van der Waals surface area contributed by atoms with Crippen LogP contribution in [0.25, 0.3) is 10.1 Å². The van der Waals surface area contributed by atoms with Gasteiger partial charge in [0.1, 0.15) is 0 Å². The second kappa shape index (κ2) is 8.09. The van der Waals surface area contributed by atoms with Gasteiger partial charge in [0.2, 0.25) is 5.91 Å². The number of para-hydroxylation sites is 1. The van der Waals surface area contributed by atoms with E-state index >= 15 is 0 Å². The Morgan fingerprint density at radius 1 is 1.19 bits per heavy atom. The molecule has 0 bridgehead atoms. The van der Waals surface area contributed by atoms with Crippen molar-refractivity contribution in [1.29, 1.82) is 0 Å². The lowest BCUT2D eigenvalue weighted by Crippen LogP contribution is -2.46. The van der Waals surface area contributed by atoms with Crippen LogP contribution < -0.4 is 4.31 Å². The molecule has 2 aromatic heterocycles. The Labute approximate surface area is 191 Å². The molecule has 1 atom stereocenters. The monoisotopic (exact) mass is 471 g/mol. The number of piperidine rings is 1. The maximum Gasteiger partial charge on any atom is 0.282 e. The highest BCUT2D eigenvalue weighted by Crippen LogP contribution is 2.41. The molecule has 0 aliphatic carbocycles. The van der Waals surface area contributed by atoms with E-state index in [1.165, 1.54) is 22.0 Å². The molecule has 1 unspecified atom stereocenters. The largest absolute Gasteiger partial charge is 0.342 e. The summed E-state index contributed by atoms with van der Waals surface area (Å²) in [5.41, 5.74) is 1.29. The average Bonchev–Trinajstić information content (AvgIpc) is 3.43. The summed E-state index contributed by atoms with van der Waals surface area (Å²) in [6, 6.07) is 9.20. The summed E-state index contributed by atoms with van der Waals surface area (Å²) in [5.74, 6) is -0.571. The molecule has 3 aromatic rings. The van der Waals surface area contributed by atoms with Gasteiger partial charge >= 0.3 is 0 Å². The van der Waals surface area contributed by atoms with Crippen molar-refractivity contribution in [1.82, 2.24) is 19.2 Å². The van der Waals surface area contributed by atoms with E-state index in [0.29, 0.717) is 11.1 Å². The first kappa shape index (κ1) is 21.3. The molecule has 0 N–H and O–H groups in total. The SMILES string of the molecule is CN1CCC(N(C)C(=O)C2CN(S(=O)(=O)c3nccc4sncc34)c3ccccc32)CC1. The van der Waals surface area contributed by atoms with Crippen LogP contribution in [0.3, 0.4) is 0 Å². The molecule has 0 saturated carbocycles. The zero-order valence-corrected chi connectivity index (χ0v) is 19.6. The van der Waals surface area contributed by atoms with Gasteiger partial charge in [0.05, 0.1) is 34.4 Å². The lowest BCUT2D eigenvalue weighted by atomic mass is 9.97. The molecule has 1 saturated heterocycles. The smallest absolute Gasteiger partial charge is 0.282 e. The summed E-state index contributed by atoms with van der Waals surface area (Å²) in [5, 5.41) is 0.489. The second-order valence-corrected chi connectivity index (χ2v) is 11.1. The van der Waals surface area contributed by atoms with Gasteiger partial charge in [-0.3, -0.25) is 9.10 Å². The van der Waals surface area contributed by atoms with E-state index in [1.807, 2.05) is 24.1 Å². The fourth-order valence-corrected chi connectivity index (χ4v) is 7.02. The van der Waals surface area contributed by atoms with Gasteiger partial charge in [-0.1, -0.05) is 18.2 Å². The van der Waals surface area contributed by atoms with Crippen LogP contribution in [0.1, 0.15) is 24.3 Å². The van der Waals surface area contributed by atoms with Gasteiger partial charge in [-0.25, -0.2) is 4.98 Å². The Kier molecular flexibility index (Phi) is 5.39. The first-order valence-corrected chi connectivity index (χ1v) is 12.9. The molecule has 1 aromatic carbocycles. The van der Waals surface area contributed by atoms with Crippen LogP contribution in [0, 0.1) is 0 Å². The van der Waals surface area contributed by atoms with Crippen molar-refractivity contribution in [2.24, 2.45) is 0 Å². The van der Waals surface area contributed by atoms with Gasteiger partial charge in [-0.05, 0) is 62.2 Å². The molecular formula is C22H25N5O3S2. The number of fused-ring (bicyclic) bond motifs is 2. The lowest BCUT2D eigenvalue weighted by Gasteiger charge is -2.36. The normalized spacial score (nSPS) is 19.9. The van der Waals surface area contributed by atoms with Crippen molar-refractivity contribution in [2.45, 2.75) is 29.8 Å². The van der Waals surface area contributed by atoms with Crippen LogP contribution in [0.15, 0.2) is 47.8 Å². The number of hydrogen-bond donors (Lipinski definition) is 0. The van der Waals surface area contributed by atoms with Crippen LogP contribution in [-0.2, 0) is 14.8 Å². The van der Waals surface area contributed by atoms with Gasteiger partial charge in [0.15, 0.2) is 5.03 Å². The van der Waals surface area contributed by atoms with Crippen LogP contribution in [-0.4, -0.2) is 73.3 Å². The number of sulfonamides is 1. The van der Waals surface area contributed by atoms with Gasteiger partial charge in [-0.2, -0.15) is 12.8 Å². The highest BCUT2D eigenvalue weighted by molar-refractivity contribution is 7.93. The summed E-state index contributed by atoms with van der Waals surface area (Å²) >= 11 is 1.23. The molecule has 168 valence electrons. The van der Waals surface area contributed by atoms with Gasteiger partial charge in [0.25, 0.3) is 10.0 Å². The van der Waals surface area contributed by atoms with Crippen molar-refractivity contribution in [3.05, 3.63) is 48.3 Å². The number of likely N-dealkylation sites (N-methyl/N-ethyl adjacent to an activating group) is 1. The third kappa shape index (κ3) is 3.46. The average molecular weight is 472 g/mol. The summed E-state index contributed by atoms with van der Waals surface area (Å²) < 4.78 is 33.6. The predicted molar refractivity (Wildman–Crippen MR) is 124 cm³/mol. The van der Waals surface area contributed by atoms with Crippen LogP contribution in [0.4, 0.5) is 5.69 Å². The number of aromatic nitrogens is 2. The molecule has 10 heteroatoms. The molecule has 1 fully saturated rings. The minimum Gasteiger partial charge on any atom is -0.342 e. The third-order valence-corrected chi connectivity index (χ3v) is 9.10. The number of rotatable bonds is 4. The van der Waals surface area contributed by atoms with Gasteiger partial charge < -0.3 is 9.80 Å². The quantitative estimate of drug-likeness (QED) is 0.581. The molecule has 2 aliphatic heterocycles. The summed E-state index contributed by atoms with van der Waals surface area (Å²) in [7, 11) is -0.0279. The Morgan fingerprint density at radius 3 is 2.72 bits per heavy atom. The minimum absolute atomic E-state index is 0.0182. The van der Waals surface area contributed by atoms with Crippen molar-refractivity contribution in [3.8, 4) is 0 Å². The summed E-state index contributed by atoms with van der Waals surface area (Å²) in [4.78, 5) is 21.8. The third-order valence-electron chi connectivity index (χ3n) is 6.59.